The number of carbonyl (C=O) groups is 2. The highest BCUT2D eigenvalue weighted by atomic mass is 16.4. The number of nitrogens with one attached hydrogen (secondary N) is 1. The summed E-state index contributed by atoms with van der Waals surface area (Å²) < 4.78 is 0. The number of carboxylic acids is 1. The van der Waals surface area contributed by atoms with Crippen molar-refractivity contribution in [1.82, 2.24) is 5.32 Å². The largest absolute Gasteiger partial charge is 0.480 e. The summed E-state index contributed by atoms with van der Waals surface area (Å²) in [6.07, 6.45) is 1.88. The van der Waals surface area contributed by atoms with Crippen LogP contribution in [0.4, 0.5) is 0 Å². The monoisotopic (exact) mass is 277 g/mol. The van der Waals surface area contributed by atoms with Crippen molar-refractivity contribution in [2.24, 2.45) is 0 Å². The summed E-state index contributed by atoms with van der Waals surface area (Å²) in [7, 11) is 0. The molecule has 0 unspecified atom stereocenters. The van der Waals surface area contributed by atoms with Crippen molar-refractivity contribution >= 4 is 11.9 Å². The normalized spacial score (nSPS) is 11.2. The van der Waals surface area contributed by atoms with Crippen LogP contribution in [0.5, 0.6) is 0 Å². The minimum atomic E-state index is -1.21. The summed E-state index contributed by atoms with van der Waals surface area (Å²) in [4.78, 5) is 22.6. The third kappa shape index (κ3) is 4.68. The molecular formula is C16H23NO3. The molecule has 1 rings (SSSR count). The fourth-order valence-electron chi connectivity index (χ4n) is 2.03. The second kappa shape index (κ2) is 6.55. The Morgan fingerprint density at radius 1 is 1.25 bits per heavy atom. The molecule has 4 heteroatoms. The van der Waals surface area contributed by atoms with Crippen molar-refractivity contribution in [3.63, 3.8) is 0 Å². The van der Waals surface area contributed by atoms with Crippen molar-refractivity contribution in [3.8, 4) is 0 Å². The van der Waals surface area contributed by atoms with Crippen LogP contribution in [-0.4, -0.2) is 22.5 Å². The molecule has 20 heavy (non-hydrogen) atoms. The van der Waals surface area contributed by atoms with Crippen LogP contribution >= 0.6 is 0 Å². The summed E-state index contributed by atoms with van der Waals surface area (Å²) in [5, 5.41) is 11.5. The van der Waals surface area contributed by atoms with Gasteiger partial charge in [-0.1, -0.05) is 23.8 Å². The quantitative estimate of drug-likeness (QED) is 0.840. The maximum atomic E-state index is 11.7. The Kier molecular flexibility index (Phi) is 5.31. The number of benzene rings is 1. The molecule has 0 aliphatic heterocycles. The Balaban J connectivity index is 2.45. The summed E-state index contributed by atoms with van der Waals surface area (Å²) in [6.45, 7) is 7.09. The second-order valence-electron chi connectivity index (χ2n) is 5.76. The zero-order valence-corrected chi connectivity index (χ0v) is 12.6. The van der Waals surface area contributed by atoms with Crippen molar-refractivity contribution in [3.05, 3.63) is 34.9 Å². The summed E-state index contributed by atoms with van der Waals surface area (Å²) in [5.41, 5.74) is 2.49. The van der Waals surface area contributed by atoms with Crippen LogP contribution in [0.15, 0.2) is 18.2 Å². The number of hydrogen-bond donors (Lipinski definition) is 2. The molecular weight excluding hydrogens is 254 g/mol. The second-order valence-corrected chi connectivity index (χ2v) is 5.76. The van der Waals surface area contributed by atoms with E-state index in [1.165, 1.54) is 30.5 Å². The van der Waals surface area contributed by atoms with Gasteiger partial charge in [0, 0.05) is 6.42 Å². The van der Waals surface area contributed by atoms with Crippen molar-refractivity contribution < 1.29 is 14.7 Å². The van der Waals surface area contributed by atoms with E-state index >= 15 is 0 Å². The van der Waals surface area contributed by atoms with Gasteiger partial charge in [0.25, 0.3) is 0 Å². The van der Waals surface area contributed by atoms with E-state index in [1.807, 2.05) is 0 Å². The standard InChI is InChI=1S/C16H23NO3/c1-11-8-9-13(12(2)10-11)6-5-7-14(18)17-16(3,4)15(19)20/h8-10H,5-7H2,1-4H3,(H,17,18)(H,19,20). The Hall–Kier alpha value is -1.84. The molecule has 1 aromatic rings. The molecule has 4 nitrogen and oxygen atoms in total. The highest BCUT2D eigenvalue weighted by molar-refractivity contribution is 5.86. The van der Waals surface area contributed by atoms with Gasteiger partial charge >= 0.3 is 5.97 Å². The zero-order chi connectivity index (χ0) is 15.3. The lowest BCUT2D eigenvalue weighted by Gasteiger charge is -2.20. The number of carboxylic acid groups (broad SMARTS) is 1. The molecule has 2 N–H and O–H groups in total. The summed E-state index contributed by atoms with van der Waals surface area (Å²) in [5.74, 6) is -1.25. The minimum Gasteiger partial charge on any atom is -0.480 e. The van der Waals surface area contributed by atoms with Crippen LogP contribution in [0, 0.1) is 13.8 Å². The molecule has 0 radical (unpaired) electrons. The van der Waals surface area contributed by atoms with E-state index in [4.69, 9.17) is 5.11 Å². The van der Waals surface area contributed by atoms with Crippen molar-refractivity contribution in [1.29, 1.82) is 0 Å². The number of rotatable bonds is 6. The molecule has 0 bridgehead atoms. The number of aliphatic carboxylic acids is 1. The lowest BCUT2D eigenvalue weighted by atomic mass is 10.0. The van der Waals surface area contributed by atoms with Gasteiger partial charge in [0.05, 0.1) is 0 Å². The van der Waals surface area contributed by atoms with Crippen LogP contribution in [0.3, 0.4) is 0 Å². The van der Waals surface area contributed by atoms with Gasteiger partial charge in [0.15, 0.2) is 0 Å². The first-order valence-corrected chi connectivity index (χ1v) is 6.83. The number of aryl methyl sites for hydroxylation is 3. The predicted octanol–water partition coefficient (Wildman–Crippen LogP) is 2.61. The van der Waals surface area contributed by atoms with Gasteiger partial charge in [-0.25, -0.2) is 4.79 Å². The van der Waals surface area contributed by atoms with E-state index in [0.717, 1.165) is 6.42 Å². The molecule has 0 atom stereocenters. The number of carbonyl (C=O) groups excluding carboxylic acids is 1. The van der Waals surface area contributed by atoms with Gasteiger partial charge < -0.3 is 10.4 Å². The lowest BCUT2D eigenvalue weighted by Crippen LogP contribution is -2.49. The molecule has 0 saturated carbocycles. The summed E-state index contributed by atoms with van der Waals surface area (Å²) in [6, 6.07) is 6.28. The average molecular weight is 277 g/mol. The van der Waals surface area contributed by atoms with Gasteiger partial charge in [0.1, 0.15) is 5.54 Å². The van der Waals surface area contributed by atoms with Crippen molar-refractivity contribution in [2.45, 2.75) is 52.5 Å². The molecule has 1 amide bonds. The predicted molar refractivity (Wildman–Crippen MR) is 78.7 cm³/mol. The van der Waals surface area contributed by atoms with E-state index in [1.54, 1.807) is 0 Å². The van der Waals surface area contributed by atoms with E-state index in [2.05, 4.69) is 37.4 Å². The number of amides is 1. The summed E-state index contributed by atoms with van der Waals surface area (Å²) >= 11 is 0. The molecule has 0 saturated heterocycles. The average Bonchev–Trinajstić information content (AvgIpc) is 2.31. The molecule has 0 aromatic heterocycles. The molecule has 1 aromatic carbocycles. The van der Waals surface area contributed by atoms with E-state index < -0.39 is 11.5 Å². The van der Waals surface area contributed by atoms with Crippen molar-refractivity contribution in [2.75, 3.05) is 0 Å². The fourth-order valence-corrected chi connectivity index (χ4v) is 2.03. The third-order valence-corrected chi connectivity index (χ3v) is 3.33. The van der Waals surface area contributed by atoms with E-state index in [9.17, 15) is 9.59 Å². The van der Waals surface area contributed by atoms with Gasteiger partial charge in [0.2, 0.25) is 5.91 Å². The fraction of sp³-hybridized carbons (Fsp3) is 0.500. The van der Waals surface area contributed by atoms with Gasteiger partial charge in [-0.15, -0.1) is 0 Å². The Bertz CT molecular complexity index is 506. The first kappa shape index (κ1) is 16.2. The molecule has 0 aliphatic rings. The maximum Gasteiger partial charge on any atom is 0.328 e. The van der Waals surface area contributed by atoms with E-state index in [-0.39, 0.29) is 5.91 Å². The minimum absolute atomic E-state index is 0.220. The first-order valence-electron chi connectivity index (χ1n) is 6.83. The van der Waals surface area contributed by atoms with Gasteiger partial charge in [-0.3, -0.25) is 4.79 Å². The van der Waals surface area contributed by atoms with Gasteiger partial charge in [-0.05, 0) is 51.7 Å². The Labute approximate surface area is 120 Å². The third-order valence-electron chi connectivity index (χ3n) is 3.33. The lowest BCUT2D eigenvalue weighted by molar-refractivity contribution is -0.146. The smallest absolute Gasteiger partial charge is 0.328 e. The highest BCUT2D eigenvalue weighted by Crippen LogP contribution is 2.13. The van der Waals surface area contributed by atoms with E-state index in [0.29, 0.717) is 12.8 Å². The molecule has 0 fully saturated rings. The zero-order valence-electron chi connectivity index (χ0n) is 12.6. The van der Waals surface area contributed by atoms with Crippen LogP contribution < -0.4 is 5.32 Å². The maximum absolute atomic E-state index is 11.7. The molecule has 0 spiro atoms. The molecule has 0 heterocycles. The molecule has 0 aliphatic carbocycles. The van der Waals surface area contributed by atoms with Gasteiger partial charge in [-0.2, -0.15) is 0 Å². The first-order chi connectivity index (χ1) is 9.22. The number of hydrogen-bond acceptors (Lipinski definition) is 2. The topological polar surface area (TPSA) is 66.4 Å². The molecule has 110 valence electrons. The van der Waals surface area contributed by atoms with Crippen LogP contribution in [0.25, 0.3) is 0 Å². The highest BCUT2D eigenvalue weighted by Gasteiger charge is 2.28. The SMILES string of the molecule is Cc1ccc(CCCC(=O)NC(C)(C)C(=O)O)c(C)c1. The Morgan fingerprint density at radius 3 is 2.45 bits per heavy atom. The van der Waals surface area contributed by atoms with Crippen LogP contribution in [0.1, 0.15) is 43.4 Å². The van der Waals surface area contributed by atoms with Crippen LogP contribution in [0.2, 0.25) is 0 Å². The van der Waals surface area contributed by atoms with Crippen LogP contribution in [-0.2, 0) is 16.0 Å². The Morgan fingerprint density at radius 2 is 1.90 bits per heavy atom.